The minimum atomic E-state index is -3.39. The highest BCUT2D eigenvalue weighted by Gasteiger charge is 2.20. The van der Waals surface area contributed by atoms with Crippen LogP contribution in [0, 0.1) is 11.8 Å². The first-order chi connectivity index (χ1) is 8.87. The lowest BCUT2D eigenvalue weighted by Crippen LogP contribution is -2.36. The van der Waals surface area contributed by atoms with Gasteiger partial charge in [-0.15, -0.1) is 0 Å². The second-order valence-electron chi connectivity index (χ2n) is 4.20. The van der Waals surface area contributed by atoms with Gasteiger partial charge in [0, 0.05) is 33.3 Å². The van der Waals surface area contributed by atoms with Crippen molar-refractivity contribution in [3.63, 3.8) is 0 Å². The van der Waals surface area contributed by atoms with E-state index in [-0.39, 0.29) is 6.61 Å². The molecule has 5 nitrogen and oxygen atoms in total. The van der Waals surface area contributed by atoms with Gasteiger partial charge in [-0.1, -0.05) is 24.0 Å². The molecule has 0 amide bonds. The van der Waals surface area contributed by atoms with Crippen LogP contribution in [0.1, 0.15) is 11.1 Å². The molecule has 6 heteroatoms. The lowest BCUT2D eigenvalue weighted by molar-refractivity contribution is 0.350. The topological polar surface area (TPSA) is 60.9 Å². The van der Waals surface area contributed by atoms with Crippen molar-refractivity contribution in [2.45, 2.75) is 6.54 Å². The summed E-state index contributed by atoms with van der Waals surface area (Å²) in [6.07, 6.45) is 0. The van der Waals surface area contributed by atoms with E-state index in [0.717, 1.165) is 11.1 Å². The predicted octanol–water partition coefficient (Wildman–Crippen LogP) is 0.269. The van der Waals surface area contributed by atoms with E-state index in [4.69, 9.17) is 5.11 Å². The Morgan fingerprint density at radius 1 is 1.16 bits per heavy atom. The lowest BCUT2D eigenvalue weighted by atomic mass is 10.1. The Morgan fingerprint density at radius 2 is 1.74 bits per heavy atom. The van der Waals surface area contributed by atoms with Gasteiger partial charge in [0.15, 0.2) is 0 Å². The van der Waals surface area contributed by atoms with Crippen LogP contribution in [0.2, 0.25) is 0 Å². The van der Waals surface area contributed by atoms with Crippen molar-refractivity contribution in [2.24, 2.45) is 0 Å². The van der Waals surface area contributed by atoms with Crippen molar-refractivity contribution in [1.82, 2.24) is 8.61 Å². The maximum Gasteiger partial charge on any atom is 0.281 e. The Hall–Kier alpha value is -1.39. The fraction of sp³-hybridized carbons (Fsp3) is 0.385. The Labute approximate surface area is 114 Å². The fourth-order valence-electron chi connectivity index (χ4n) is 1.45. The minimum absolute atomic E-state index is 0.175. The van der Waals surface area contributed by atoms with Crippen LogP contribution in [0.3, 0.4) is 0 Å². The second kappa shape index (κ2) is 6.68. The molecule has 0 radical (unpaired) electrons. The Balaban J connectivity index is 2.79. The SMILES string of the molecule is CN(C)S(=O)(=O)N(C)Cc1ccc(C#CCO)cc1. The van der Waals surface area contributed by atoms with Crippen LogP contribution in [0.5, 0.6) is 0 Å². The second-order valence-corrected chi connectivity index (χ2v) is 6.45. The van der Waals surface area contributed by atoms with Gasteiger partial charge in [0.2, 0.25) is 0 Å². The lowest BCUT2D eigenvalue weighted by Gasteiger charge is -2.21. The van der Waals surface area contributed by atoms with Crippen LogP contribution in [0.15, 0.2) is 24.3 Å². The molecular formula is C13H18N2O3S. The number of hydrogen-bond acceptors (Lipinski definition) is 3. The summed E-state index contributed by atoms with van der Waals surface area (Å²) in [5.74, 6) is 5.34. The van der Waals surface area contributed by atoms with Crippen molar-refractivity contribution in [1.29, 1.82) is 0 Å². The summed E-state index contributed by atoms with van der Waals surface area (Å²) in [6.45, 7) is 0.125. The average molecular weight is 282 g/mol. The molecule has 0 heterocycles. The van der Waals surface area contributed by atoms with Crippen molar-refractivity contribution < 1.29 is 13.5 Å². The van der Waals surface area contributed by atoms with Crippen LogP contribution in [0.4, 0.5) is 0 Å². The quantitative estimate of drug-likeness (QED) is 0.806. The van der Waals surface area contributed by atoms with Crippen LogP contribution in [0.25, 0.3) is 0 Å². The molecule has 0 atom stereocenters. The van der Waals surface area contributed by atoms with Gasteiger partial charge in [-0.05, 0) is 17.7 Å². The Bertz CT molecular complexity index is 568. The normalized spacial score (nSPS) is 11.5. The molecule has 0 aromatic heterocycles. The van der Waals surface area contributed by atoms with Crippen LogP contribution < -0.4 is 0 Å². The molecule has 0 aliphatic carbocycles. The van der Waals surface area contributed by atoms with Gasteiger partial charge < -0.3 is 5.11 Å². The maximum absolute atomic E-state index is 11.8. The first-order valence-electron chi connectivity index (χ1n) is 5.70. The molecule has 0 saturated carbocycles. The van der Waals surface area contributed by atoms with Crippen molar-refractivity contribution in [2.75, 3.05) is 27.7 Å². The molecule has 1 aromatic carbocycles. The Kier molecular flexibility index (Phi) is 5.51. The van der Waals surface area contributed by atoms with E-state index in [1.165, 1.54) is 29.8 Å². The van der Waals surface area contributed by atoms with Gasteiger partial charge in [-0.3, -0.25) is 0 Å². The summed E-state index contributed by atoms with van der Waals surface area (Å²) in [7, 11) is 1.14. The maximum atomic E-state index is 11.8. The van der Waals surface area contributed by atoms with Gasteiger partial charge in [0.25, 0.3) is 10.2 Å². The molecule has 0 aliphatic heterocycles. The zero-order valence-corrected chi connectivity index (χ0v) is 12.1. The molecule has 0 unspecified atom stereocenters. The number of rotatable bonds is 4. The van der Waals surface area contributed by atoms with E-state index >= 15 is 0 Å². The number of hydrogen-bond donors (Lipinski definition) is 1. The molecule has 19 heavy (non-hydrogen) atoms. The number of nitrogens with zero attached hydrogens (tertiary/aromatic N) is 2. The molecule has 0 fully saturated rings. The van der Waals surface area contributed by atoms with E-state index in [0.29, 0.717) is 6.54 Å². The highest BCUT2D eigenvalue weighted by atomic mass is 32.2. The van der Waals surface area contributed by atoms with Crippen molar-refractivity contribution in [3.05, 3.63) is 35.4 Å². The molecule has 1 aromatic rings. The van der Waals surface area contributed by atoms with Crippen LogP contribution in [-0.2, 0) is 16.8 Å². The van der Waals surface area contributed by atoms with Crippen molar-refractivity contribution >= 4 is 10.2 Å². The average Bonchev–Trinajstić information content (AvgIpc) is 2.37. The van der Waals surface area contributed by atoms with Gasteiger partial charge >= 0.3 is 0 Å². The minimum Gasteiger partial charge on any atom is -0.384 e. The predicted molar refractivity (Wildman–Crippen MR) is 74.5 cm³/mol. The van der Waals surface area contributed by atoms with E-state index in [1.54, 1.807) is 12.1 Å². The molecular weight excluding hydrogens is 264 g/mol. The summed E-state index contributed by atoms with van der Waals surface area (Å²) in [5, 5.41) is 8.59. The highest BCUT2D eigenvalue weighted by Crippen LogP contribution is 2.10. The first-order valence-corrected chi connectivity index (χ1v) is 7.10. The van der Waals surface area contributed by atoms with E-state index < -0.39 is 10.2 Å². The van der Waals surface area contributed by atoms with Gasteiger partial charge in [0.1, 0.15) is 6.61 Å². The van der Waals surface area contributed by atoms with Crippen molar-refractivity contribution in [3.8, 4) is 11.8 Å². The number of aliphatic hydroxyl groups is 1. The van der Waals surface area contributed by atoms with E-state index in [1.807, 2.05) is 12.1 Å². The summed E-state index contributed by atoms with van der Waals surface area (Å²) in [4.78, 5) is 0. The molecule has 104 valence electrons. The monoisotopic (exact) mass is 282 g/mol. The zero-order chi connectivity index (χ0) is 14.5. The molecule has 0 spiro atoms. The highest BCUT2D eigenvalue weighted by molar-refractivity contribution is 7.86. The van der Waals surface area contributed by atoms with Crippen LogP contribution in [-0.4, -0.2) is 49.9 Å². The summed E-state index contributed by atoms with van der Waals surface area (Å²) < 4.78 is 26.1. The summed E-state index contributed by atoms with van der Waals surface area (Å²) >= 11 is 0. The van der Waals surface area contributed by atoms with Gasteiger partial charge in [-0.2, -0.15) is 17.0 Å². The summed E-state index contributed by atoms with van der Waals surface area (Å²) in [6, 6.07) is 7.24. The standard InChI is InChI=1S/C13H18N2O3S/c1-14(2)19(17,18)15(3)11-13-8-6-12(7-9-13)5-4-10-16/h6-9,16H,10-11H2,1-3H3. The smallest absolute Gasteiger partial charge is 0.281 e. The molecule has 1 rings (SSSR count). The summed E-state index contributed by atoms with van der Waals surface area (Å²) in [5.41, 5.74) is 1.67. The largest absolute Gasteiger partial charge is 0.384 e. The third kappa shape index (κ3) is 4.33. The number of aliphatic hydroxyl groups excluding tert-OH is 1. The fourth-order valence-corrected chi connectivity index (χ4v) is 2.32. The van der Waals surface area contributed by atoms with Crippen LogP contribution >= 0.6 is 0 Å². The zero-order valence-electron chi connectivity index (χ0n) is 11.3. The first kappa shape index (κ1) is 15.7. The molecule has 0 aliphatic rings. The van der Waals surface area contributed by atoms with Gasteiger partial charge in [0.05, 0.1) is 0 Å². The Morgan fingerprint density at radius 3 is 2.21 bits per heavy atom. The third-order valence-electron chi connectivity index (χ3n) is 2.53. The van der Waals surface area contributed by atoms with E-state index in [9.17, 15) is 8.42 Å². The van der Waals surface area contributed by atoms with Gasteiger partial charge in [-0.25, -0.2) is 0 Å². The molecule has 1 N–H and O–H groups in total. The molecule has 0 bridgehead atoms. The molecule has 0 saturated heterocycles. The van der Waals surface area contributed by atoms with E-state index in [2.05, 4.69) is 11.8 Å². The third-order valence-corrected chi connectivity index (χ3v) is 4.37. The number of benzene rings is 1.